The van der Waals surface area contributed by atoms with Gasteiger partial charge in [-0.25, -0.2) is 4.98 Å². The van der Waals surface area contributed by atoms with Gasteiger partial charge in [0.25, 0.3) is 0 Å². The van der Waals surface area contributed by atoms with Crippen LogP contribution < -0.4 is 5.32 Å². The van der Waals surface area contributed by atoms with Crippen LogP contribution in [0.1, 0.15) is 31.1 Å². The van der Waals surface area contributed by atoms with Crippen molar-refractivity contribution in [2.75, 3.05) is 11.1 Å². The molecule has 2 N–H and O–H groups in total. The van der Waals surface area contributed by atoms with Crippen molar-refractivity contribution < 1.29 is 4.79 Å². The van der Waals surface area contributed by atoms with E-state index in [0.29, 0.717) is 17.6 Å². The van der Waals surface area contributed by atoms with E-state index in [9.17, 15) is 4.79 Å². The summed E-state index contributed by atoms with van der Waals surface area (Å²) in [5, 5.41) is 7.75. The number of hydrogen-bond donors (Lipinski definition) is 2. The number of aromatic amines is 1. The molecular formula is C17H19N5OS. The number of aromatic nitrogens is 4. The van der Waals surface area contributed by atoms with Crippen molar-refractivity contribution in [3.05, 3.63) is 36.0 Å². The highest BCUT2D eigenvalue weighted by Crippen LogP contribution is 2.41. The third kappa shape index (κ3) is 2.69. The van der Waals surface area contributed by atoms with Crippen LogP contribution in [0, 0.1) is 5.92 Å². The maximum atomic E-state index is 12.1. The molecule has 0 radical (unpaired) electrons. The molecule has 0 aliphatic carbocycles. The average Bonchev–Trinajstić information content (AvgIpc) is 3.11. The molecule has 1 atom stereocenters. The summed E-state index contributed by atoms with van der Waals surface area (Å²) in [4.78, 5) is 20.0. The van der Waals surface area contributed by atoms with Gasteiger partial charge in [0, 0.05) is 10.8 Å². The van der Waals surface area contributed by atoms with Crippen molar-refractivity contribution in [2.45, 2.75) is 25.5 Å². The van der Waals surface area contributed by atoms with Crippen molar-refractivity contribution in [1.29, 1.82) is 0 Å². The third-order valence-electron chi connectivity index (χ3n) is 4.08. The molecule has 7 heteroatoms. The highest BCUT2D eigenvalue weighted by molar-refractivity contribution is 8.00. The number of benzene rings is 1. The summed E-state index contributed by atoms with van der Waals surface area (Å²) in [5.74, 6) is 2.37. The van der Waals surface area contributed by atoms with Crippen molar-refractivity contribution in [3.8, 4) is 5.95 Å². The van der Waals surface area contributed by atoms with Crippen LogP contribution in [0.3, 0.4) is 0 Å². The molecule has 1 aliphatic heterocycles. The van der Waals surface area contributed by atoms with Crippen LogP contribution >= 0.6 is 11.8 Å². The molecular weight excluding hydrogens is 322 g/mol. The summed E-state index contributed by atoms with van der Waals surface area (Å²) in [6, 6.07) is 7.84. The lowest BCUT2D eigenvalue weighted by molar-refractivity contribution is -0.113. The van der Waals surface area contributed by atoms with E-state index in [0.717, 1.165) is 28.8 Å². The quantitative estimate of drug-likeness (QED) is 0.764. The summed E-state index contributed by atoms with van der Waals surface area (Å²) >= 11 is 1.68. The first-order valence-corrected chi connectivity index (χ1v) is 9.11. The predicted molar refractivity (Wildman–Crippen MR) is 96.5 cm³/mol. The number of rotatable bonds is 3. The molecule has 6 nitrogen and oxygen atoms in total. The molecule has 3 aromatic rings. The summed E-state index contributed by atoms with van der Waals surface area (Å²) in [5.41, 5.74) is 2.90. The minimum Gasteiger partial charge on any atom is -0.322 e. The van der Waals surface area contributed by atoms with E-state index in [-0.39, 0.29) is 11.2 Å². The number of imidazole rings is 1. The standard InChI is InChI=1S/C17H19N5OS/c1-10(2)7-14-11-8-18-22(16(11)21-15(23)9-24-14)17-19-12-5-3-4-6-13(12)20-17/h3-6,8,10,14H,7,9H2,1-2H3,(H,19,20)(H,21,23). The fraction of sp³-hybridized carbons (Fsp3) is 0.353. The van der Waals surface area contributed by atoms with Crippen LogP contribution in [0.5, 0.6) is 0 Å². The van der Waals surface area contributed by atoms with E-state index in [1.807, 2.05) is 30.5 Å². The van der Waals surface area contributed by atoms with Gasteiger partial charge in [-0.15, -0.1) is 11.8 Å². The number of anilines is 1. The number of hydrogen-bond acceptors (Lipinski definition) is 4. The molecule has 24 heavy (non-hydrogen) atoms. The number of H-pyrrole nitrogens is 1. The number of nitrogens with one attached hydrogen (secondary N) is 2. The number of amides is 1. The van der Waals surface area contributed by atoms with Gasteiger partial charge in [-0.05, 0) is 24.5 Å². The summed E-state index contributed by atoms with van der Waals surface area (Å²) in [7, 11) is 0. The molecule has 1 aliphatic rings. The zero-order chi connectivity index (χ0) is 16.7. The second kappa shape index (κ2) is 5.98. The van der Waals surface area contributed by atoms with E-state index in [2.05, 4.69) is 34.2 Å². The molecule has 1 unspecified atom stereocenters. The minimum absolute atomic E-state index is 0.00497. The van der Waals surface area contributed by atoms with E-state index in [1.165, 1.54) is 0 Å². The third-order valence-corrected chi connectivity index (χ3v) is 5.36. The molecule has 1 aromatic carbocycles. The van der Waals surface area contributed by atoms with Gasteiger partial charge in [0.05, 0.1) is 23.0 Å². The van der Waals surface area contributed by atoms with Crippen molar-refractivity contribution in [2.24, 2.45) is 5.92 Å². The van der Waals surface area contributed by atoms with Crippen LogP contribution in [0.25, 0.3) is 17.0 Å². The van der Waals surface area contributed by atoms with Crippen LogP contribution in [-0.2, 0) is 4.79 Å². The minimum atomic E-state index is 0.00497. The van der Waals surface area contributed by atoms with Crippen molar-refractivity contribution >= 4 is 34.5 Å². The topological polar surface area (TPSA) is 75.6 Å². The Kier molecular flexibility index (Phi) is 3.80. The monoisotopic (exact) mass is 341 g/mol. The Labute approximate surface area is 144 Å². The molecule has 1 amide bonds. The van der Waals surface area contributed by atoms with Gasteiger partial charge in [-0.3, -0.25) is 4.79 Å². The first-order chi connectivity index (χ1) is 11.6. The molecule has 0 saturated carbocycles. The average molecular weight is 341 g/mol. The Morgan fingerprint density at radius 1 is 1.38 bits per heavy atom. The van der Waals surface area contributed by atoms with Gasteiger partial charge in [0.15, 0.2) is 0 Å². The smallest absolute Gasteiger partial charge is 0.235 e. The second-order valence-corrected chi connectivity index (χ2v) is 7.61. The van der Waals surface area contributed by atoms with Crippen molar-refractivity contribution in [3.63, 3.8) is 0 Å². The van der Waals surface area contributed by atoms with Gasteiger partial charge in [-0.2, -0.15) is 9.78 Å². The molecule has 2 aromatic heterocycles. The molecule has 0 spiro atoms. The number of fused-ring (bicyclic) bond motifs is 2. The molecule has 0 saturated heterocycles. The Morgan fingerprint density at radius 2 is 2.21 bits per heavy atom. The van der Waals surface area contributed by atoms with Gasteiger partial charge in [0.2, 0.25) is 11.9 Å². The zero-order valence-corrected chi connectivity index (χ0v) is 14.4. The highest BCUT2D eigenvalue weighted by Gasteiger charge is 2.28. The first-order valence-electron chi connectivity index (χ1n) is 8.06. The predicted octanol–water partition coefficient (Wildman–Crippen LogP) is 3.52. The van der Waals surface area contributed by atoms with Crippen LogP contribution in [0.2, 0.25) is 0 Å². The Bertz CT molecular complexity index is 864. The second-order valence-electron chi connectivity index (χ2n) is 6.42. The van der Waals surface area contributed by atoms with Gasteiger partial charge in [-0.1, -0.05) is 26.0 Å². The van der Waals surface area contributed by atoms with Gasteiger partial charge >= 0.3 is 0 Å². The van der Waals surface area contributed by atoms with Gasteiger partial charge in [0.1, 0.15) is 5.82 Å². The lowest BCUT2D eigenvalue weighted by Crippen LogP contribution is -2.16. The van der Waals surface area contributed by atoms with Crippen molar-refractivity contribution in [1.82, 2.24) is 19.7 Å². The number of carbonyl (C=O) groups is 1. The number of thioether (sulfide) groups is 1. The lowest BCUT2D eigenvalue weighted by atomic mass is 10.0. The summed E-state index contributed by atoms with van der Waals surface area (Å²) in [6.07, 6.45) is 2.87. The normalized spacial score (nSPS) is 17.8. The summed E-state index contributed by atoms with van der Waals surface area (Å²) < 4.78 is 1.70. The fourth-order valence-electron chi connectivity index (χ4n) is 2.98. The van der Waals surface area contributed by atoms with E-state index < -0.39 is 0 Å². The Morgan fingerprint density at radius 3 is 3.00 bits per heavy atom. The van der Waals surface area contributed by atoms with Crippen LogP contribution in [0.4, 0.5) is 5.82 Å². The lowest BCUT2D eigenvalue weighted by Gasteiger charge is -2.15. The zero-order valence-electron chi connectivity index (χ0n) is 13.6. The summed E-state index contributed by atoms with van der Waals surface area (Å²) in [6.45, 7) is 4.40. The van der Waals surface area contributed by atoms with Crippen LogP contribution in [0.15, 0.2) is 30.5 Å². The van der Waals surface area contributed by atoms with E-state index in [1.54, 1.807) is 16.4 Å². The van der Waals surface area contributed by atoms with E-state index in [4.69, 9.17) is 0 Å². The maximum Gasteiger partial charge on any atom is 0.235 e. The molecule has 124 valence electrons. The molecule has 0 bridgehead atoms. The fourth-order valence-corrected chi connectivity index (χ4v) is 4.28. The maximum absolute atomic E-state index is 12.1. The number of para-hydroxylation sites is 2. The molecule has 0 fully saturated rings. The largest absolute Gasteiger partial charge is 0.322 e. The highest BCUT2D eigenvalue weighted by atomic mass is 32.2. The first kappa shape index (κ1) is 15.3. The Hall–Kier alpha value is -2.28. The van der Waals surface area contributed by atoms with Crippen LogP contribution in [-0.4, -0.2) is 31.4 Å². The SMILES string of the molecule is CC(C)CC1SCC(=O)Nc2c1cnn2-c1nc2ccccc2[nH]1. The molecule has 4 rings (SSSR count). The van der Waals surface area contributed by atoms with Gasteiger partial charge < -0.3 is 10.3 Å². The Balaban J connectivity index is 1.80. The number of nitrogens with zero attached hydrogens (tertiary/aromatic N) is 3. The molecule has 3 heterocycles. The van der Waals surface area contributed by atoms with E-state index >= 15 is 0 Å². The number of carbonyl (C=O) groups excluding carboxylic acids is 1.